The normalized spacial score (nSPS) is 23.5. The van der Waals surface area contributed by atoms with E-state index in [4.69, 9.17) is 5.10 Å². The number of nitrogens with zero attached hydrogens (tertiary/aromatic N) is 6. The summed E-state index contributed by atoms with van der Waals surface area (Å²) in [4.78, 5) is 17.5. The molecule has 0 spiro atoms. The number of nitrogens with one attached hydrogen (secondary N) is 1. The van der Waals surface area contributed by atoms with Crippen LogP contribution in [0.5, 0.6) is 0 Å². The van der Waals surface area contributed by atoms with E-state index >= 15 is 0 Å². The second-order valence-corrected chi connectivity index (χ2v) is 15.0. The number of rotatable bonds is 7. The topological polar surface area (TPSA) is 111 Å². The number of fused-ring (bicyclic) bond motifs is 2. The molecule has 10 rings (SSSR count). The summed E-state index contributed by atoms with van der Waals surface area (Å²) in [7, 11) is 0. The first-order chi connectivity index (χ1) is 22.3. The first-order valence-electron chi connectivity index (χ1n) is 16.2. The van der Waals surface area contributed by atoms with E-state index in [0.29, 0.717) is 28.0 Å². The van der Waals surface area contributed by atoms with Gasteiger partial charge in [0.25, 0.3) is 0 Å². The molecule has 0 unspecified atom stereocenters. The number of carbonyl (C=O) groups is 1. The zero-order valence-corrected chi connectivity index (χ0v) is 26.7. The number of carboxylic acids is 1. The summed E-state index contributed by atoms with van der Waals surface area (Å²) in [6.45, 7) is 5.00. The summed E-state index contributed by atoms with van der Waals surface area (Å²) in [5, 5.41) is 29.1. The predicted molar refractivity (Wildman–Crippen MR) is 180 cm³/mol. The molecule has 4 heterocycles. The third-order valence-corrected chi connectivity index (χ3v) is 11.8. The summed E-state index contributed by atoms with van der Waals surface area (Å²) >= 11 is 1.57. The van der Waals surface area contributed by atoms with Crippen LogP contribution in [0.1, 0.15) is 60.1 Å². The van der Waals surface area contributed by atoms with Crippen LogP contribution in [0.4, 0.5) is 10.9 Å². The van der Waals surface area contributed by atoms with E-state index in [-0.39, 0.29) is 5.56 Å². The molecule has 4 aromatic heterocycles. The number of para-hydroxylation sites is 1. The highest BCUT2D eigenvalue weighted by atomic mass is 32.1. The summed E-state index contributed by atoms with van der Waals surface area (Å²) in [5.74, 6) is 2.94. The number of aryl methyl sites for hydroxylation is 1. The number of aromatic carboxylic acids is 1. The van der Waals surface area contributed by atoms with Crippen molar-refractivity contribution in [1.82, 2.24) is 29.5 Å². The third kappa shape index (κ3) is 4.45. The lowest BCUT2D eigenvalue weighted by Crippen LogP contribution is -2.48. The molecule has 0 amide bonds. The molecule has 0 atom stereocenters. The minimum atomic E-state index is -0.954. The zero-order chi connectivity index (χ0) is 31.2. The van der Waals surface area contributed by atoms with Crippen molar-refractivity contribution in [2.45, 2.75) is 58.9 Å². The smallest absolute Gasteiger partial charge is 0.337 e. The summed E-state index contributed by atoms with van der Waals surface area (Å²) < 4.78 is 5.16. The molecule has 0 radical (unpaired) electrons. The predicted octanol–water partition coefficient (Wildman–Crippen LogP) is 8.17. The fraction of sp³-hybridized carbons (Fsp3) is 0.361. The molecule has 6 aromatic rings. The van der Waals surface area contributed by atoms with Crippen molar-refractivity contribution < 1.29 is 9.90 Å². The highest BCUT2D eigenvalue weighted by molar-refractivity contribution is 7.22. The van der Waals surface area contributed by atoms with Crippen LogP contribution in [0.2, 0.25) is 0 Å². The Labute approximate surface area is 270 Å². The van der Waals surface area contributed by atoms with Gasteiger partial charge in [0.15, 0.2) is 16.8 Å². The van der Waals surface area contributed by atoms with E-state index in [1.165, 1.54) is 38.5 Å². The quantitative estimate of drug-likeness (QED) is 0.183. The van der Waals surface area contributed by atoms with Crippen molar-refractivity contribution in [2.24, 2.45) is 23.2 Å². The average molecular weight is 630 g/mol. The first kappa shape index (κ1) is 27.7. The Kier molecular flexibility index (Phi) is 6.16. The molecule has 10 heteroatoms. The molecule has 4 saturated carbocycles. The van der Waals surface area contributed by atoms with E-state index in [1.54, 1.807) is 11.3 Å². The van der Waals surface area contributed by atoms with Crippen LogP contribution in [-0.4, -0.2) is 40.6 Å². The lowest BCUT2D eigenvalue weighted by atomic mass is 9.49. The van der Waals surface area contributed by atoms with Crippen molar-refractivity contribution in [3.63, 3.8) is 0 Å². The molecule has 46 heavy (non-hydrogen) atoms. The largest absolute Gasteiger partial charge is 0.478 e. The monoisotopic (exact) mass is 629 g/mol. The maximum Gasteiger partial charge on any atom is 0.337 e. The van der Waals surface area contributed by atoms with E-state index < -0.39 is 5.97 Å². The van der Waals surface area contributed by atoms with Crippen molar-refractivity contribution in [3.05, 3.63) is 77.7 Å². The lowest BCUT2D eigenvalue weighted by Gasteiger charge is -2.56. The standard InChI is InChI=1S/C36H35N7O2S/c1-20-11-31(40-41-33(20)39-35-38-28-5-3-4-6-30(28)46-35)42-10-9-26-29(42)8-7-25(32(26)34(44)45)27-18-37-43(21(27)2)19-36-15-22-12-23(16-36)14-24(13-22)17-36/h3-11,18,22-24H,12-17,19H2,1-2H3,(H,44,45)(H,38,39,41). The van der Waals surface area contributed by atoms with E-state index in [1.807, 2.05) is 72.4 Å². The van der Waals surface area contributed by atoms with Gasteiger partial charge in [-0.25, -0.2) is 9.78 Å². The summed E-state index contributed by atoms with van der Waals surface area (Å²) in [6.07, 6.45) is 11.9. The van der Waals surface area contributed by atoms with Gasteiger partial charge < -0.3 is 10.4 Å². The van der Waals surface area contributed by atoms with E-state index in [2.05, 4.69) is 32.1 Å². The number of carboxylic acid groups (broad SMARTS) is 1. The maximum absolute atomic E-state index is 12.8. The highest BCUT2D eigenvalue weighted by Crippen LogP contribution is 2.60. The van der Waals surface area contributed by atoms with Gasteiger partial charge in [0.05, 0.1) is 27.5 Å². The van der Waals surface area contributed by atoms with Crippen LogP contribution in [0.15, 0.2) is 60.9 Å². The van der Waals surface area contributed by atoms with Gasteiger partial charge in [-0.1, -0.05) is 29.5 Å². The molecule has 0 aliphatic heterocycles. The van der Waals surface area contributed by atoms with Gasteiger partial charge in [0.1, 0.15) is 0 Å². The van der Waals surface area contributed by atoms with Crippen LogP contribution in [0, 0.1) is 37.0 Å². The van der Waals surface area contributed by atoms with Gasteiger partial charge in [0.2, 0.25) is 0 Å². The fourth-order valence-electron chi connectivity index (χ4n) is 9.28. The second kappa shape index (κ2) is 10.2. The van der Waals surface area contributed by atoms with E-state index in [0.717, 1.165) is 62.0 Å². The van der Waals surface area contributed by atoms with E-state index in [9.17, 15) is 9.90 Å². The molecule has 4 bridgehead atoms. The van der Waals surface area contributed by atoms with Gasteiger partial charge in [-0.15, -0.1) is 10.2 Å². The Bertz CT molecular complexity index is 2110. The summed E-state index contributed by atoms with van der Waals surface area (Å²) in [5.41, 5.74) is 5.86. The van der Waals surface area contributed by atoms with Gasteiger partial charge in [-0.3, -0.25) is 9.25 Å². The molecule has 2 aromatic carbocycles. The Morgan fingerprint density at radius 3 is 2.48 bits per heavy atom. The number of anilines is 2. The summed E-state index contributed by atoms with van der Waals surface area (Å²) in [6, 6.07) is 15.7. The SMILES string of the molecule is Cc1cc(-n2ccc3c(C(=O)O)c(-c4cnn(CC56CC7CC(CC(C7)C5)C6)c4C)ccc32)nnc1Nc1nc2ccccc2s1. The Morgan fingerprint density at radius 2 is 1.76 bits per heavy atom. The van der Waals surface area contributed by atoms with Crippen LogP contribution >= 0.6 is 11.3 Å². The average Bonchev–Trinajstić information content (AvgIpc) is 3.73. The van der Waals surface area contributed by atoms with Crippen LogP contribution in [0.3, 0.4) is 0 Å². The minimum absolute atomic E-state index is 0.285. The second-order valence-electron chi connectivity index (χ2n) is 14.0. The van der Waals surface area contributed by atoms with Crippen LogP contribution in [0.25, 0.3) is 38.1 Å². The van der Waals surface area contributed by atoms with Crippen molar-refractivity contribution in [1.29, 1.82) is 0 Å². The van der Waals surface area contributed by atoms with Crippen LogP contribution in [-0.2, 0) is 6.54 Å². The Hall–Kier alpha value is -4.57. The van der Waals surface area contributed by atoms with Crippen molar-refractivity contribution >= 4 is 49.4 Å². The van der Waals surface area contributed by atoms with Crippen molar-refractivity contribution in [2.75, 3.05) is 5.32 Å². The fourth-order valence-corrected chi connectivity index (χ4v) is 10.1. The van der Waals surface area contributed by atoms with Crippen LogP contribution < -0.4 is 5.32 Å². The molecule has 4 aliphatic carbocycles. The maximum atomic E-state index is 12.8. The molecular weight excluding hydrogens is 595 g/mol. The number of aromatic nitrogens is 6. The molecule has 9 nitrogen and oxygen atoms in total. The molecule has 232 valence electrons. The highest BCUT2D eigenvalue weighted by Gasteiger charge is 2.51. The lowest BCUT2D eigenvalue weighted by molar-refractivity contribution is -0.0638. The van der Waals surface area contributed by atoms with Gasteiger partial charge >= 0.3 is 5.97 Å². The molecule has 2 N–H and O–H groups in total. The number of hydrogen-bond donors (Lipinski definition) is 2. The zero-order valence-electron chi connectivity index (χ0n) is 25.9. The minimum Gasteiger partial charge on any atom is -0.478 e. The van der Waals surface area contributed by atoms with Gasteiger partial charge in [-0.2, -0.15) is 5.10 Å². The first-order valence-corrected chi connectivity index (χ1v) is 17.0. The molecule has 4 fully saturated rings. The number of hydrogen-bond acceptors (Lipinski definition) is 7. The Morgan fingerprint density at radius 1 is 1.00 bits per heavy atom. The number of benzene rings is 2. The van der Waals surface area contributed by atoms with Crippen molar-refractivity contribution in [3.8, 4) is 16.9 Å². The third-order valence-electron chi connectivity index (χ3n) is 10.9. The Balaban J connectivity index is 1.03. The van der Waals surface area contributed by atoms with Gasteiger partial charge in [0, 0.05) is 34.9 Å². The number of thiazole rings is 1. The molecule has 0 saturated heterocycles. The molecule has 4 aliphatic rings. The van der Waals surface area contributed by atoms with Gasteiger partial charge in [-0.05, 0) is 111 Å². The molecular formula is C36H35N7O2S.